The molecule has 0 spiro atoms. The van der Waals surface area contributed by atoms with E-state index in [1.165, 1.54) is 17.0 Å². The summed E-state index contributed by atoms with van der Waals surface area (Å²) in [6.45, 7) is 0. The van der Waals surface area contributed by atoms with Crippen molar-refractivity contribution in [3.8, 4) is 0 Å². The lowest BCUT2D eigenvalue weighted by Crippen LogP contribution is -2.13. The van der Waals surface area contributed by atoms with Crippen LogP contribution >= 0.6 is 27.3 Å². The van der Waals surface area contributed by atoms with Crippen molar-refractivity contribution in [1.29, 1.82) is 0 Å². The van der Waals surface area contributed by atoms with Crippen LogP contribution in [0.3, 0.4) is 0 Å². The minimum absolute atomic E-state index is 0.103. The van der Waals surface area contributed by atoms with Gasteiger partial charge in [-0.15, -0.1) is 11.3 Å². The highest BCUT2D eigenvalue weighted by Crippen LogP contribution is 2.26. The van der Waals surface area contributed by atoms with Gasteiger partial charge in [0, 0.05) is 21.8 Å². The minimum Gasteiger partial charge on any atom is -0.324 e. The highest BCUT2D eigenvalue weighted by molar-refractivity contribution is 9.10. The van der Waals surface area contributed by atoms with Gasteiger partial charge in [-0.1, -0.05) is 28.1 Å². The lowest BCUT2D eigenvalue weighted by molar-refractivity contribution is 0.623. The molecule has 0 saturated heterocycles. The molecule has 0 aliphatic heterocycles. The standard InChI is InChI=1S/C12H11BrFNS/c13-11-6-8(14)3-4-10(11)12(15)7-9-2-1-5-16-9/h1-6,12H,7,15H2. The molecule has 1 nitrogen and oxygen atoms in total. The van der Waals surface area contributed by atoms with E-state index in [0.717, 1.165) is 16.5 Å². The van der Waals surface area contributed by atoms with Crippen LogP contribution in [0.4, 0.5) is 4.39 Å². The van der Waals surface area contributed by atoms with Crippen molar-refractivity contribution in [2.75, 3.05) is 0 Å². The Bertz CT molecular complexity index is 470. The van der Waals surface area contributed by atoms with E-state index in [0.29, 0.717) is 0 Å². The molecular formula is C12H11BrFNS. The van der Waals surface area contributed by atoms with Crippen LogP contribution in [0.1, 0.15) is 16.5 Å². The summed E-state index contributed by atoms with van der Waals surface area (Å²) in [5, 5.41) is 2.03. The largest absolute Gasteiger partial charge is 0.324 e. The van der Waals surface area contributed by atoms with Crippen LogP contribution in [0.2, 0.25) is 0 Å². The monoisotopic (exact) mass is 299 g/mol. The van der Waals surface area contributed by atoms with Gasteiger partial charge < -0.3 is 5.73 Å². The molecule has 4 heteroatoms. The summed E-state index contributed by atoms with van der Waals surface area (Å²) >= 11 is 5.02. The van der Waals surface area contributed by atoms with Crippen molar-refractivity contribution in [3.05, 3.63) is 56.4 Å². The Labute approximate surface area is 106 Å². The van der Waals surface area contributed by atoms with Gasteiger partial charge >= 0.3 is 0 Å². The molecule has 1 atom stereocenters. The van der Waals surface area contributed by atoms with E-state index in [2.05, 4.69) is 22.0 Å². The first-order chi connectivity index (χ1) is 7.66. The van der Waals surface area contributed by atoms with Gasteiger partial charge in [0.1, 0.15) is 5.82 Å². The molecule has 0 amide bonds. The maximum absolute atomic E-state index is 12.9. The number of hydrogen-bond acceptors (Lipinski definition) is 2. The second kappa shape index (κ2) is 5.08. The van der Waals surface area contributed by atoms with Crippen LogP contribution in [0, 0.1) is 5.82 Å². The molecule has 0 aliphatic carbocycles. The Morgan fingerprint density at radius 2 is 2.19 bits per heavy atom. The SMILES string of the molecule is NC(Cc1cccs1)c1ccc(F)cc1Br. The van der Waals surface area contributed by atoms with Crippen LogP contribution in [0.25, 0.3) is 0 Å². The first-order valence-electron chi connectivity index (χ1n) is 4.89. The lowest BCUT2D eigenvalue weighted by Gasteiger charge is -2.12. The highest BCUT2D eigenvalue weighted by Gasteiger charge is 2.11. The first kappa shape index (κ1) is 11.8. The predicted octanol–water partition coefficient (Wildman–Crippen LogP) is 3.89. The number of benzene rings is 1. The molecule has 2 aromatic rings. The molecule has 0 aliphatic rings. The molecule has 0 radical (unpaired) electrons. The summed E-state index contributed by atoms with van der Waals surface area (Å²) in [6, 6.07) is 8.58. The van der Waals surface area contributed by atoms with Crippen LogP contribution in [-0.2, 0) is 6.42 Å². The topological polar surface area (TPSA) is 26.0 Å². The Kier molecular flexibility index (Phi) is 3.74. The predicted molar refractivity (Wildman–Crippen MR) is 69.1 cm³/mol. The van der Waals surface area contributed by atoms with Gasteiger partial charge in [-0.3, -0.25) is 0 Å². The average molecular weight is 300 g/mol. The summed E-state index contributed by atoms with van der Waals surface area (Å²) in [7, 11) is 0. The van der Waals surface area contributed by atoms with E-state index in [-0.39, 0.29) is 11.9 Å². The molecule has 1 aromatic carbocycles. The maximum atomic E-state index is 12.9. The molecule has 2 rings (SSSR count). The summed E-state index contributed by atoms with van der Waals surface area (Å²) in [6.07, 6.45) is 0.780. The number of halogens is 2. The zero-order valence-corrected chi connectivity index (χ0v) is 10.9. The van der Waals surface area contributed by atoms with Crippen LogP contribution in [0.5, 0.6) is 0 Å². The van der Waals surface area contributed by atoms with E-state index in [1.54, 1.807) is 17.4 Å². The van der Waals surface area contributed by atoms with Gasteiger partial charge in [0.05, 0.1) is 0 Å². The zero-order valence-electron chi connectivity index (χ0n) is 8.49. The van der Waals surface area contributed by atoms with Crippen molar-refractivity contribution in [2.24, 2.45) is 5.73 Å². The summed E-state index contributed by atoms with van der Waals surface area (Å²) in [5.74, 6) is -0.251. The number of nitrogens with two attached hydrogens (primary N) is 1. The molecule has 1 unspecified atom stereocenters. The maximum Gasteiger partial charge on any atom is 0.124 e. The van der Waals surface area contributed by atoms with E-state index in [1.807, 2.05) is 11.4 Å². The van der Waals surface area contributed by atoms with Gasteiger partial charge in [0.2, 0.25) is 0 Å². The van der Waals surface area contributed by atoms with Crippen LogP contribution in [-0.4, -0.2) is 0 Å². The molecule has 84 valence electrons. The first-order valence-corrected chi connectivity index (χ1v) is 6.57. The molecule has 16 heavy (non-hydrogen) atoms. The van der Waals surface area contributed by atoms with Gasteiger partial charge in [-0.05, 0) is 29.1 Å². The van der Waals surface area contributed by atoms with Gasteiger partial charge in [0.25, 0.3) is 0 Å². The third-order valence-electron chi connectivity index (χ3n) is 2.36. The number of thiophene rings is 1. The Hall–Kier alpha value is -0.710. The van der Waals surface area contributed by atoms with Crippen molar-refractivity contribution in [1.82, 2.24) is 0 Å². The second-order valence-electron chi connectivity index (χ2n) is 3.56. The van der Waals surface area contributed by atoms with Crippen molar-refractivity contribution < 1.29 is 4.39 Å². The number of hydrogen-bond donors (Lipinski definition) is 1. The smallest absolute Gasteiger partial charge is 0.124 e. The molecular weight excluding hydrogens is 289 g/mol. The molecule has 2 N–H and O–H groups in total. The highest BCUT2D eigenvalue weighted by atomic mass is 79.9. The molecule has 1 aromatic heterocycles. The van der Waals surface area contributed by atoms with E-state index < -0.39 is 0 Å². The molecule has 0 saturated carbocycles. The Balaban J connectivity index is 2.17. The van der Waals surface area contributed by atoms with Crippen molar-refractivity contribution >= 4 is 27.3 Å². The van der Waals surface area contributed by atoms with Gasteiger partial charge in [-0.25, -0.2) is 4.39 Å². The zero-order chi connectivity index (χ0) is 11.5. The average Bonchev–Trinajstić information content (AvgIpc) is 2.70. The van der Waals surface area contributed by atoms with E-state index in [9.17, 15) is 4.39 Å². The normalized spacial score (nSPS) is 12.7. The Morgan fingerprint density at radius 1 is 1.38 bits per heavy atom. The van der Waals surface area contributed by atoms with Crippen LogP contribution < -0.4 is 5.73 Å². The lowest BCUT2D eigenvalue weighted by atomic mass is 10.0. The van der Waals surface area contributed by atoms with E-state index >= 15 is 0 Å². The minimum atomic E-state index is -0.251. The van der Waals surface area contributed by atoms with Crippen LogP contribution in [0.15, 0.2) is 40.2 Å². The fourth-order valence-corrected chi connectivity index (χ4v) is 2.97. The quantitative estimate of drug-likeness (QED) is 0.914. The molecule has 0 fully saturated rings. The van der Waals surface area contributed by atoms with Gasteiger partial charge in [-0.2, -0.15) is 0 Å². The van der Waals surface area contributed by atoms with Gasteiger partial charge in [0.15, 0.2) is 0 Å². The third-order valence-corrected chi connectivity index (χ3v) is 3.95. The third kappa shape index (κ3) is 2.70. The summed E-state index contributed by atoms with van der Waals surface area (Å²) in [5.41, 5.74) is 7.03. The number of rotatable bonds is 3. The summed E-state index contributed by atoms with van der Waals surface area (Å²) in [4.78, 5) is 1.24. The second-order valence-corrected chi connectivity index (χ2v) is 5.44. The van der Waals surface area contributed by atoms with Crippen molar-refractivity contribution in [3.63, 3.8) is 0 Å². The summed E-state index contributed by atoms with van der Waals surface area (Å²) < 4.78 is 13.7. The fraction of sp³-hybridized carbons (Fsp3) is 0.167. The molecule has 0 bridgehead atoms. The Morgan fingerprint density at radius 3 is 2.81 bits per heavy atom. The fourth-order valence-electron chi connectivity index (χ4n) is 1.56. The van der Waals surface area contributed by atoms with E-state index in [4.69, 9.17) is 5.73 Å². The van der Waals surface area contributed by atoms with Crippen molar-refractivity contribution in [2.45, 2.75) is 12.5 Å². The molecule has 1 heterocycles.